The number of aromatic nitrogens is 4. The Kier molecular flexibility index (Phi) is 4.34. The van der Waals surface area contributed by atoms with Crippen molar-refractivity contribution in [3.63, 3.8) is 0 Å². The first-order valence-electron chi connectivity index (χ1n) is 5.40. The van der Waals surface area contributed by atoms with E-state index in [4.69, 9.17) is 22.9 Å². The predicted octanol–water partition coefficient (Wildman–Crippen LogP) is 0.367. The normalized spacial score (nSPS) is 11.2. The molecule has 11 heteroatoms. The molecule has 2 aromatic rings. The maximum absolute atomic E-state index is 5.14. The van der Waals surface area contributed by atoms with E-state index in [2.05, 4.69) is 31.3 Å². The molecule has 20 heavy (non-hydrogen) atoms. The van der Waals surface area contributed by atoms with Crippen LogP contribution in [0.25, 0.3) is 5.69 Å². The average Bonchev–Trinajstić information content (AvgIpc) is 2.79. The quantitative estimate of drug-likeness (QED) is 0.140. The summed E-state index contributed by atoms with van der Waals surface area (Å²) in [6.07, 6.45) is 1.07. The Morgan fingerprint density at radius 1 is 1.50 bits per heavy atom. The lowest BCUT2D eigenvalue weighted by Crippen LogP contribution is -2.40. The van der Waals surface area contributed by atoms with Crippen LogP contribution in [0.15, 0.2) is 39.8 Å². The van der Waals surface area contributed by atoms with Gasteiger partial charge in [0.25, 0.3) is 0 Å². The van der Waals surface area contributed by atoms with Gasteiger partial charge in [-0.1, -0.05) is 15.1 Å². The lowest BCUT2D eigenvalue weighted by molar-refractivity contribution is -0.800. The van der Waals surface area contributed by atoms with Crippen molar-refractivity contribution < 1.29 is 9.63 Å². The Labute approximate surface area is 118 Å². The molecule has 104 valence electrons. The summed E-state index contributed by atoms with van der Waals surface area (Å²) in [6, 6.07) is 7.33. The van der Waals surface area contributed by atoms with E-state index in [9.17, 15) is 0 Å². The number of aromatic amines is 1. The highest BCUT2D eigenvalue weighted by molar-refractivity contribution is 7.71. The van der Waals surface area contributed by atoms with E-state index < -0.39 is 0 Å². The first-order chi connectivity index (χ1) is 9.72. The minimum absolute atomic E-state index is 0.503. The summed E-state index contributed by atoms with van der Waals surface area (Å²) < 4.78 is 2.24. The minimum atomic E-state index is 0.503. The fourth-order valence-electron chi connectivity index (χ4n) is 1.46. The summed E-state index contributed by atoms with van der Waals surface area (Å²) >= 11 is 5.14. The van der Waals surface area contributed by atoms with Crippen molar-refractivity contribution in [2.75, 3.05) is 5.48 Å². The van der Waals surface area contributed by atoms with Crippen LogP contribution in [0.3, 0.4) is 0 Å². The molecule has 0 spiro atoms. The van der Waals surface area contributed by atoms with Crippen LogP contribution in [0.5, 0.6) is 0 Å². The molecule has 0 aliphatic carbocycles. The van der Waals surface area contributed by atoms with Gasteiger partial charge in [0.05, 0.1) is 11.4 Å². The van der Waals surface area contributed by atoms with Crippen molar-refractivity contribution in [1.29, 1.82) is 0 Å². The molecule has 0 radical (unpaired) electrons. The van der Waals surface area contributed by atoms with Crippen molar-refractivity contribution >= 4 is 24.3 Å². The first kappa shape index (κ1) is 13.6. The van der Waals surface area contributed by atoms with Crippen molar-refractivity contribution in [1.82, 2.24) is 15.0 Å². The standard InChI is InChI=1S/C9H11N9OS/c1-17-16-12-9(20)18(17)8-4-2-7(3-5-8)13-19-6-11-15-14-10/h2-6,13H,1H3,(H2,10,15)/p+1. The molecule has 0 atom stereocenters. The van der Waals surface area contributed by atoms with Gasteiger partial charge in [-0.25, -0.2) is 5.48 Å². The predicted molar refractivity (Wildman–Crippen MR) is 72.2 cm³/mol. The molecule has 1 aromatic heterocycles. The van der Waals surface area contributed by atoms with Crippen molar-refractivity contribution in [2.24, 2.45) is 28.4 Å². The molecule has 0 aliphatic rings. The Morgan fingerprint density at radius 3 is 2.85 bits per heavy atom. The van der Waals surface area contributed by atoms with Crippen molar-refractivity contribution in [3.05, 3.63) is 29.0 Å². The zero-order valence-corrected chi connectivity index (χ0v) is 11.3. The van der Waals surface area contributed by atoms with Crippen LogP contribution in [0.1, 0.15) is 0 Å². The van der Waals surface area contributed by atoms with Crippen LogP contribution in [-0.2, 0) is 11.9 Å². The Bertz CT molecular complexity index is 671. The molecule has 0 amide bonds. The average molecular weight is 294 g/mol. The third-order valence-electron chi connectivity index (χ3n) is 2.26. The molecular weight excluding hydrogens is 282 g/mol. The maximum atomic E-state index is 5.14. The summed E-state index contributed by atoms with van der Waals surface area (Å²) in [6.45, 7) is 0. The zero-order valence-electron chi connectivity index (χ0n) is 10.5. The summed E-state index contributed by atoms with van der Waals surface area (Å²) in [5.74, 6) is 4.76. The zero-order chi connectivity index (χ0) is 14.4. The molecule has 0 fully saturated rings. The van der Waals surface area contributed by atoms with Gasteiger partial charge in [0, 0.05) is 0 Å². The number of H-pyrrole nitrogens is 1. The first-order valence-corrected chi connectivity index (χ1v) is 5.81. The number of hydrogen-bond donors (Lipinski definition) is 3. The van der Waals surface area contributed by atoms with Crippen LogP contribution >= 0.6 is 12.2 Å². The van der Waals surface area contributed by atoms with Gasteiger partial charge in [-0.15, -0.1) is 9.78 Å². The number of benzene rings is 1. The van der Waals surface area contributed by atoms with Gasteiger partial charge in [-0.05, 0) is 41.7 Å². The fourth-order valence-corrected chi connectivity index (χ4v) is 1.73. The number of nitrogens with zero attached hydrogens (tertiary/aromatic N) is 6. The van der Waals surface area contributed by atoms with Gasteiger partial charge < -0.3 is 10.7 Å². The van der Waals surface area contributed by atoms with E-state index in [0.29, 0.717) is 4.77 Å². The molecular formula is C9H12N9OS+. The Hall–Kier alpha value is -2.82. The number of nitrogens with one attached hydrogen (secondary N) is 2. The van der Waals surface area contributed by atoms with Gasteiger partial charge >= 0.3 is 4.77 Å². The summed E-state index contributed by atoms with van der Waals surface area (Å²) in [7, 11) is 1.78. The monoisotopic (exact) mass is 294 g/mol. The molecule has 0 unspecified atom stereocenters. The highest BCUT2D eigenvalue weighted by Gasteiger charge is 2.08. The van der Waals surface area contributed by atoms with Crippen LogP contribution in [0.4, 0.5) is 5.69 Å². The molecule has 4 N–H and O–H groups in total. The number of anilines is 1. The molecule has 0 saturated heterocycles. The fraction of sp³-hybridized carbons (Fsp3) is 0.111. The number of rotatable bonds is 5. The third kappa shape index (κ3) is 3.14. The van der Waals surface area contributed by atoms with Gasteiger partial charge in [0.1, 0.15) is 12.3 Å². The lowest BCUT2D eigenvalue weighted by Gasteiger charge is -2.04. The highest BCUT2D eigenvalue weighted by atomic mass is 32.1. The summed E-state index contributed by atoms with van der Waals surface area (Å²) in [4.78, 5) is 6.50. The van der Waals surface area contributed by atoms with E-state index in [0.717, 1.165) is 17.8 Å². The molecule has 0 saturated carbocycles. The van der Waals surface area contributed by atoms with Gasteiger partial charge in [0.15, 0.2) is 0 Å². The minimum Gasteiger partial charge on any atom is -0.368 e. The SMILES string of the molecule is C[n+]1n[nH]c(=S)n1-c1ccc(NOC=NN=NN)cc1. The van der Waals surface area contributed by atoms with Crippen molar-refractivity contribution in [2.45, 2.75) is 0 Å². The smallest absolute Gasteiger partial charge is 0.326 e. The van der Waals surface area contributed by atoms with Gasteiger partial charge in [-0.3, -0.25) is 0 Å². The third-order valence-corrected chi connectivity index (χ3v) is 2.53. The van der Waals surface area contributed by atoms with E-state index >= 15 is 0 Å². The maximum Gasteiger partial charge on any atom is 0.326 e. The van der Waals surface area contributed by atoms with Crippen LogP contribution in [-0.4, -0.2) is 21.4 Å². The molecule has 0 aliphatic heterocycles. The molecule has 0 bridgehead atoms. The van der Waals surface area contributed by atoms with E-state index in [1.54, 1.807) is 16.5 Å². The lowest BCUT2D eigenvalue weighted by atomic mass is 10.3. The Morgan fingerprint density at radius 2 is 2.25 bits per heavy atom. The molecule has 2 rings (SSSR count). The molecule has 10 nitrogen and oxygen atoms in total. The largest absolute Gasteiger partial charge is 0.368 e. The topological polar surface area (TPSA) is 122 Å². The number of nitrogens with two attached hydrogens (primary N) is 1. The highest BCUT2D eigenvalue weighted by Crippen LogP contribution is 2.11. The summed E-state index contributed by atoms with van der Waals surface area (Å²) in [5.41, 5.74) is 4.24. The second-order valence-corrected chi connectivity index (χ2v) is 3.90. The Balaban J connectivity index is 2.05. The van der Waals surface area contributed by atoms with E-state index in [1.165, 1.54) is 0 Å². The second kappa shape index (κ2) is 6.38. The van der Waals surface area contributed by atoms with Crippen LogP contribution in [0.2, 0.25) is 0 Å². The number of tetrazole rings is 1. The van der Waals surface area contributed by atoms with E-state index in [1.807, 2.05) is 24.3 Å². The molecule has 1 aromatic carbocycles. The van der Waals surface area contributed by atoms with Crippen molar-refractivity contribution in [3.8, 4) is 5.69 Å². The second-order valence-electron chi connectivity index (χ2n) is 3.51. The molecule has 1 heterocycles. The van der Waals surface area contributed by atoms with Crippen LogP contribution < -0.4 is 16.1 Å². The van der Waals surface area contributed by atoms with Gasteiger partial charge in [-0.2, -0.15) is 0 Å². The van der Waals surface area contributed by atoms with Crippen LogP contribution in [0, 0.1) is 4.77 Å². The van der Waals surface area contributed by atoms with Gasteiger partial charge in [0.2, 0.25) is 6.40 Å². The number of aryl methyl sites for hydroxylation is 1. The van der Waals surface area contributed by atoms with E-state index in [-0.39, 0.29) is 0 Å². The number of hydrogen-bond acceptors (Lipinski definition) is 6. The summed E-state index contributed by atoms with van der Waals surface area (Å²) in [5, 5.41) is 16.1.